The van der Waals surface area contributed by atoms with Gasteiger partial charge in [0.2, 0.25) is 5.91 Å². The fraction of sp³-hybridized carbons (Fsp3) is 0.364. The summed E-state index contributed by atoms with van der Waals surface area (Å²) in [6, 6.07) is 0. The summed E-state index contributed by atoms with van der Waals surface area (Å²) in [5.41, 5.74) is 1.93. The van der Waals surface area contributed by atoms with Gasteiger partial charge in [-0.15, -0.1) is 0 Å². The Morgan fingerprint density at radius 2 is 2.08 bits per heavy atom. The Balaban J connectivity index is 0.000000671. The lowest BCUT2D eigenvalue weighted by atomic mass is 10.2. The van der Waals surface area contributed by atoms with E-state index in [1.54, 1.807) is 12.2 Å². The first-order valence-corrected chi connectivity index (χ1v) is 4.56. The van der Waals surface area contributed by atoms with Crippen molar-refractivity contribution in [2.24, 2.45) is 0 Å². The molecule has 0 radical (unpaired) electrons. The number of carbonyl (C=O) groups is 1. The molecule has 1 aliphatic heterocycles. The number of hydrogen-bond acceptors (Lipinski definition) is 1. The molecule has 0 aliphatic carbocycles. The largest absolute Gasteiger partial charge is 0.326 e. The van der Waals surface area contributed by atoms with Gasteiger partial charge in [-0.1, -0.05) is 32.6 Å². The van der Waals surface area contributed by atoms with Crippen LogP contribution in [0.25, 0.3) is 0 Å². The first-order chi connectivity index (χ1) is 6.27. The zero-order valence-corrected chi connectivity index (χ0v) is 8.55. The molecule has 2 nitrogen and oxygen atoms in total. The minimum atomic E-state index is 0.0613. The molecule has 72 valence electrons. The highest BCUT2D eigenvalue weighted by Gasteiger charge is 2.18. The van der Waals surface area contributed by atoms with Crippen LogP contribution in [0.1, 0.15) is 27.2 Å². The second-order valence-electron chi connectivity index (χ2n) is 2.35. The predicted octanol–water partition coefficient (Wildman–Crippen LogP) is 2.55. The quantitative estimate of drug-likeness (QED) is 0.658. The summed E-state index contributed by atoms with van der Waals surface area (Å²) in [5, 5.41) is 2.74. The maximum Gasteiger partial charge on any atom is 0.228 e. The van der Waals surface area contributed by atoms with E-state index in [1.165, 1.54) is 0 Å². The van der Waals surface area contributed by atoms with Crippen molar-refractivity contribution < 1.29 is 4.79 Å². The molecule has 1 heterocycles. The van der Waals surface area contributed by atoms with Crippen LogP contribution in [0.15, 0.2) is 36.1 Å². The standard InChI is InChI=1S/C9H11NO.C2H6/c1-3-5-8-7(4-2)6-9(11)10-8;1-2/h3-5H,1,6H2,2H3,(H,10,11);1-2H3/b7-4-,8-5+;. The molecular formula is C11H17NO. The second kappa shape index (κ2) is 6.23. The van der Waals surface area contributed by atoms with E-state index in [4.69, 9.17) is 0 Å². The second-order valence-corrected chi connectivity index (χ2v) is 2.35. The van der Waals surface area contributed by atoms with Crippen LogP contribution in [0, 0.1) is 0 Å². The molecule has 0 saturated carbocycles. The first kappa shape index (κ1) is 11.7. The summed E-state index contributed by atoms with van der Waals surface area (Å²) < 4.78 is 0. The summed E-state index contributed by atoms with van der Waals surface area (Å²) >= 11 is 0. The number of nitrogens with one attached hydrogen (secondary N) is 1. The number of hydrogen-bond donors (Lipinski definition) is 1. The lowest BCUT2D eigenvalue weighted by molar-refractivity contribution is -0.118. The molecule has 1 amide bonds. The molecule has 1 aliphatic rings. The summed E-state index contributed by atoms with van der Waals surface area (Å²) in [7, 11) is 0. The van der Waals surface area contributed by atoms with Crippen molar-refractivity contribution >= 4 is 5.91 Å². The Morgan fingerprint density at radius 1 is 1.46 bits per heavy atom. The van der Waals surface area contributed by atoms with Gasteiger partial charge in [-0.3, -0.25) is 4.79 Å². The van der Waals surface area contributed by atoms with Gasteiger partial charge in [-0.2, -0.15) is 0 Å². The van der Waals surface area contributed by atoms with Gasteiger partial charge >= 0.3 is 0 Å². The summed E-state index contributed by atoms with van der Waals surface area (Å²) in [6.45, 7) is 9.49. The summed E-state index contributed by atoms with van der Waals surface area (Å²) in [5.74, 6) is 0.0613. The van der Waals surface area contributed by atoms with Crippen LogP contribution in [0.3, 0.4) is 0 Å². The molecule has 1 fully saturated rings. The molecule has 0 aromatic carbocycles. The van der Waals surface area contributed by atoms with E-state index in [-0.39, 0.29) is 5.91 Å². The molecule has 0 unspecified atom stereocenters. The molecule has 2 heteroatoms. The van der Waals surface area contributed by atoms with Crippen LogP contribution in [0.5, 0.6) is 0 Å². The van der Waals surface area contributed by atoms with E-state index in [0.717, 1.165) is 11.3 Å². The molecule has 0 spiro atoms. The molecule has 13 heavy (non-hydrogen) atoms. The van der Waals surface area contributed by atoms with Crippen molar-refractivity contribution in [1.29, 1.82) is 0 Å². The Morgan fingerprint density at radius 3 is 2.54 bits per heavy atom. The maximum atomic E-state index is 10.9. The van der Waals surface area contributed by atoms with Crippen molar-refractivity contribution in [3.8, 4) is 0 Å². The maximum absolute atomic E-state index is 10.9. The minimum absolute atomic E-state index is 0.0613. The van der Waals surface area contributed by atoms with Crippen molar-refractivity contribution in [3.05, 3.63) is 36.1 Å². The Kier molecular flexibility index (Phi) is 5.60. The molecular weight excluding hydrogens is 162 g/mol. The molecule has 1 rings (SSSR count). The molecule has 0 aromatic rings. The number of amides is 1. The highest BCUT2D eigenvalue weighted by Crippen LogP contribution is 2.18. The van der Waals surface area contributed by atoms with E-state index in [9.17, 15) is 4.79 Å². The smallest absolute Gasteiger partial charge is 0.228 e. The fourth-order valence-electron chi connectivity index (χ4n) is 1.07. The van der Waals surface area contributed by atoms with E-state index < -0.39 is 0 Å². The average molecular weight is 179 g/mol. The van der Waals surface area contributed by atoms with Crippen LogP contribution < -0.4 is 5.32 Å². The molecule has 1 N–H and O–H groups in total. The lowest BCUT2D eigenvalue weighted by Gasteiger charge is -1.95. The van der Waals surface area contributed by atoms with Gasteiger partial charge in [-0.05, 0) is 18.6 Å². The molecule has 1 saturated heterocycles. The Hall–Kier alpha value is -1.31. The first-order valence-electron chi connectivity index (χ1n) is 4.56. The van der Waals surface area contributed by atoms with Gasteiger partial charge in [0.05, 0.1) is 6.42 Å². The Bertz CT molecular complexity index is 249. The van der Waals surface area contributed by atoms with Gasteiger partial charge in [0, 0.05) is 5.70 Å². The van der Waals surface area contributed by atoms with Crippen LogP contribution in [-0.4, -0.2) is 5.91 Å². The summed E-state index contributed by atoms with van der Waals surface area (Å²) in [6.07, 6.45) is 5.91. The number of carbonyl (C=O) groups excluding carboxylic acids is 1. The zero-order valence-electron chi connectivity index (χ0n) is 8.55. The zero-order chi connectivity index (χ0) is 10.3. The van der Waals surface area contributed by atoms with E-state index >= 15 is 0 Å². The van der Waals surface area contributed by atoms with Crippen LogP contribution in [-0.2, 0) is 4.79 Å². The van der Waals surface area contributed by atoms with Gasteiger partial charge in [0.15, 0.2) is 0 Å². The van der Waals surface area contributed by atoms with Crippen molar-refractivity contribution in [3.63, 3.8) is 0 Å². The van der Waals surface area contributed by atoms with Gasteiger partial charge < -0.3 is 5.32 Å². The lowest BCUT2D eigenvalue weighted by Crippen LogP contribution is -2.11. The van der Waals surface area contributed by atoms with Gasteiger partial charge in [0.25, 0.3) is 0 Å². The topological polar surface area (TPSA) is 29.1 Å². The number of rotatable bonds is 1. The van der Waals surface area contributed by atoms with Gasteiger partial charge in [0.1, 0.15) is 0 Å². The predicted molar refractivity (Wildman–Crippen MR) is 56.1 cm³/mol. The highest BCUT2D eigenvalue weighted by molar-refractivity contribution is 5.86. The monoisotopic (exact) mass is 179 g/mol. The van der Waals surface area contributed by atoms with Crippen LogP contribution in [0.4, 0.5) is 0 Å². The summed E-state index contributed by atoms with van der Waals surface area (Å²) in [4.78, 5) is 10.9. The van der Waals surface area contributed by atoms with Gasteiger partial charge in [-0.25, -0.2) is 0 Å². The fourth-order valence-corrected chi connectivity index (χ4v) is 1.07. The average Bonchev–Trinajstić information content (AvgIpc) is 2.50. The minimum Gasteiger partial charge on any atom is -0.326 e. The number of allylic oxidation sites excluding steroid dienone is 4. The molecule has 0 atom stereocenters. The Labute approximate surface area is 80.0 Å². The molecule has 0 aromatic heterocycles. The SMILES string of the molecule is C=C/C=C1/NC(=O)C/C1=C/C.CC. The van der Waals surface area contributed by atoms with E-state index in [2.05, 4.69) is 11.9 Å². The third-order valence-electron chi connectivity index (χ3n) is 1.60. The highest BCUT2D eigenvalue weighted by atomic mass is 16.1. The van der Waals surface area contributed by atoms with Crippen molar-refractivity contribution in [2.75, 3.05) is 0 Å². The van der Waals surface area contributed by atoms with E-state index in [0.29, 0.717) is 6.42 Å². The van der Waals surface area contributed by atoms with Crippen LogP contribution in [0.2, 0.25) is 0 Å². The normalized spacial score (nSPS) is 21.0. The van der Waals surface area contributed by atoms with Crippen molar-refractivity contribution in [2.45, 2.75) is 27.2 Å². The van der Waals surface area contributed by atoms with Crippen LogP contribution >= 0.6 is 0 Å². The third kappa shape index (κ3) is 3.28. The van der Waals surface area contributed by atoms with E-state index in [1.807, 2.05) is 26.8 Å². The van der Waals surface area contributed by atoms with Crippen molar-refractivity contribution in [1.82, 2.24) is 5.32 Å². The molecule has 0 bridgehead atoms. The third-order valence-corrected chi connectivity index (χ3v) is 1.60.